The van der Waals surface area contributed by atoms with Crippen LogP contribution in [0.3, 0.4) is 0 Å². The largest absolute Gasteiger partial charge is 0.480 e. The van der Waals surface area contributed by atoms with Gasteiger partial charge >= 0.3 is 5.97 Å². The first-order valence-corrected chi connectivity index (χ1v) is 12.1. The fraction of sp³-hybridized carbons (Fsp3) is 0.241. The number of carbonyl (C=O) groups is 4. The molecule has 0 fully saturated rings. The molecule has 1 heterocycles. The number of aryl methyl sites for hydroxylation is 1. The van der Waals surface area contributed by atoms with Crippen molar-refractivity contribution in [1.29, 1.82) is 0 Å². The summed E-state index contributed by atoms with van der Waals surface area (Å²) >= 11 is 0. The lowest BCUT2D eigenvalue weighted by atomic mass is 9.92. The number of anilines is 1. The standard InChI is InChI=1S/C29H29N3O5/c1-19-11-13-23(14-12-19)30-26(33)16-15-24(29(36)37)31-27(34)25-17-21-9-5-6-10-22(21)18-32(25)28(35)20-7-3-2-4-8-20/h2-14,24-25H,15-18H2,1H3,(H,30,33)(H,31,34)(H,36,37)/t24-,25-/m1/s1. The van der Waals surface area contributed by atoms with Gasteiger partial charge in [0.2, 0.25) is 11.8 Å². The Hall–Kier alpha value is -4.46. The van der Waals surface area contributed by atoms with Crippen molar-refractivity contribution in [3.63, 3.8) is 0 Å². The van der Waals surface area contributed by atoms with Crippen molar-refractivity contribution in [3.8, 4) is 0 Å². The van der Waals surface area contributed by atoms with Gasteiger partial charge < -0.3 is 20.6 Å². The van der Waals surface area contributed by atoms with Crippen LogP contribution in [0.5, 0.6) is 0 Å². The highest BCUT2D eigenvalue weighted by Crippen LogP contribution is 2.25. The zero-order valence-corrected chi connectivity index (χ0v) is 20.5. The molecular formula is C29H29N3O5. The quantitative estimate of drug-likeness (QED) is 0.438. The van der Waals surface area contributed by atoms with Crippen molar-refractivity contribution >= 4 is 29.4 Å². The number of benzene rings is 3. The van der Waals surface area contributed by atoms with Crippen molar-refractivity contribution < 1.29 is 24.3 Å². The van der Waals surface area contributed by atoms with Gasteiger partial charge in [0.1, 0.15) is 12.1 Å². The summed E-state index contributed by atoms with van der Waals surface area (Å²) in [5.74, 6) is -2.46. The molecule has 8 heteroatoms. The summed E-state index contributed by atoms with van der Waals surface area (Å²) in [4.78, 5) is 52.5. The van der Waals surface area contributed by atoms with E-state index in [4.69, 9.17) is 0 Å². The van der Waals surface area contributed by atoms with Crippen LogP contribution in [0.15, 0.2) is 78.9 Å². The van der Waals surface area contributed by atoms with E-state index >= 15 is 0 Å². The molecule has 37 heavy (non-hydrogen) atoms. The lowest BCUT2D eigenvalue weighted by Gasteiger charge is -2.36. The van der Waals surface area contributed by atoms with E-state index in [1.807, 2.05) is 43.3 Å². The number of hydrogen-bond donors (Lipinski definition) is 3. The number of carboxylic acids is 1. The SMILES string of the molecule is Cc1ccc(NC(=O)CC[C@@H](NC(=O)[C@H]2Cc3ccccc3CN2C(=O)c2ccccc2)C(=O)O)cc1. The van der Waals surface area contributed by atoms with E-state index in [1.165, 1.54) is 4.90 Å². The van der Waals surface area contributed by atoms with E-state index in [0.717, 1.165) is 16.7 Å². The number of fused-ring (bicyclic) bond motifs is 1. The van der Waals surface area contributed by atoms with Crippen molar-refractivity contribution in [2.24, 2.45) is 0 Å². The number of rotatable bonds is 8. The number of carbonyl (C=O) groups excluding carboxylic acids is 3. The highest BCUT2D eigenvalue weighted by atomic mass is 16.4. The van der Waals surface area contributed by atoms with Crippen LogP contribution in [0.2, 0.25) is 0 Å². The van der Waals surface area contributed by atoms with Gasteiger partial charge in [-0.3, -0.25) is 14.4 Å². The van der Waals surface area contributed by atoms with Crippen molar-refractivity contribution in [3.05, 3.63) is 101 Å². The molecule has 3 aromatic carbocycles. The van der Waals surface area contributed by atoms with Gasteiger partial charge in [-0.25, -0.2) is 4.79 Å². The Morgan fingerprint density at radius 2 is 1.57 bits per heavy atom. The Morgan fingerprint density at radius 1 is 0.919 bits per heavy atom. The zero-order valence-electron chi connectivity index (χ0n) is 20.5. The van der Waals surface area contributed by atoms with Crippen LogP contribution in [0.1, 0.15) is 39.9 Å². The molecule has 4 rings (SSSR count). The Bertz CT molecular complexity index is 1290. The van der Waals surface area contributed by atoms with Crippen LogP contribution >= 0.6 is 0 Å². The van der Waals surface area contributed by atoms with E-state index in [0.29, 0.717) is 11.3 Å². The molecule has 2 atom stereocenters. The maximum atomic E-state index is 13.4. The minimum Gasteiger partial charge on any atom is -0.480 e. The average Bonchev–Trinajstić information content (AvgIpc) is 2.91. The molecule has 0 aromatic heterocycles. The summed E-state index contributed by atoms with van der Waals surface area (Å²) in [5, 5.41) is 15.0. The van der Waals surface area contributed by atoms with Crippen LogP contribution in [0.4, 0.5) is 5.69 Å². The van der Waals surface area contributed by atoms with Gasteiger partial charge in [0.15, 0.2) is 0 Å². The van der Waals surface area contributed by atoms with E-state index in [1.54, 1.807) is 42.5 Å². The molecule has 1 aliphatic heterocycles. The molecular weight excluding hydrogens is 470 g/mol. The molecule has 0 saturated heterocycles. The lowest BCUT2D eigenvalue weighted by molar-refractivity contribution is -0.143. The Morgan fingerprint density at radius 3 is 2.24 bits per heavy atom. The highest BCUT2D eigenvalue weighted by molar-refractivity contribution is 5.98. The van der Waals surface area contributed by atoms with Crippen LogP contribution in [-0.2, 0) is 27.3 Å². The van der Waals surface area contributed by atoms with Crippen LogP contribution in [0, 0.1) is 6.92 Å². The molecule has 0 unspecified atom stereocenters. The molecule has 3 amide bonds. The number of nitrogens with zero attached hydrogens (tertiary/aromatic N) is 1. The van der Waals surface area contributed by atoms with Gasteiger partial charge in [0.25, 0.3) is 5.91 Å². The summed E-state index contributed by atoms with van der Waals surface area (Å²) in [7, 11) is 0. The Kier molecular flexibility index (Phi) is 7.98. The normalized spacial score (nSPS) is 15.3. The minimum absolute atomic E-state index is 0.0886. The summed E-state index contributed by atoms with van der Waals surface area (Å²) in [6.07, 6.45) is 0.0841. The smallest absolute Gasteiger partial charge is 0.326 e. The Balaban J connectivity index is 1.46. The van der Waals surface area contributed by atoms with Gasteiger partial charge in [0, 0.05) is 30.6 Å². The number of amides is 3. The number of hydrogen-bond acceptors (Lipinski definition) is 4. The molecule has 0 saturated carbocycles. The predicted octanol–water partition coefficient (Wildman–Crippen LogP) is 3.55. The summed E-state index contributed by atoms with van der Waals surface area (Å²) in [6, 6.07) is 21.4. The molecule has 0 radical (unpaired) electrons. The molecule has 8 nitrogen and oxygen atoms in total. The van der Waals surface area contributed by atoms with Gasteiger partial charge in [0.05, 0.1) is 0 Å². The first-order chi connectivity index (χ1) is 17.8. The van der Waals surface area contributed by atoms with Crippen molar-refractivity contribution in [2.75, 3.05) is 5.32 Å². The molecule has 1 aliphatic rings. The summed E-state index contributed by atoms with van der Waals surface area (Å²) in [5.41, 5.74) is 3.99. The maximum Gasteiger partial charge on any atom is 0.326 e. The maximum absolute atomic E-state index is 13.4. The second-order valence-electron chi connectivity index (χ2n) is 9.14. The molecule has 3 N–H and O–H groups in total. The summed E-state index contributed by atoms with van der Waals surface area (Å²) in [6.45, 7) is 2.17. The summed E-state index contributed by atoms with van der Waals surface area (Å²) < 4.78 is 0. The Labute approximate surface area is 215 Å². The predicted molar refractivity (Wildman–Crippen MR) is 139 cm³/mol. The highest BCUT2D eigenvalue weighted by Gasteiger charge is 2.36. The first-order valence-electron chi connectivity index (χ1n) is 12.1. The molecule has 0 spiro atoms. The third-order valence-corrected chi connectivity index (χ3v) is 6.44. The second kappa shape index (κ2) is 11.5. The number of nitrogens with one attached hydrogen (secondary N) is 2. The number of aliphatic carboxylic acids is 1. The van der Waals surface area contributed by atoms with Crippen molar-refractivity contribution in [1.82, 2.24) is 10.2 Å². The van der Waals surface area contributed by atoms with Gasteiger partial charge in [-0.15, -0.1) is 0 Å². The van der Waals surface area contributed by atoms with Gasteiger partial charge in [-0.1, -0.05) is 60.2 Å². The fourth-order valence-corrected chi connectivity index (χ4v) is 4.38. The third kappa shape index (κ3) is 6.41. The van der Waals surface area contributed by atoms with Crippen molar-refractivity contribution in [2.45, 2.75) is 44.8 Å². The molecule has 190 valence electrons. The lowest BCUT2D eigenvalue weighted by Crippen LogP contribution is -2.55. The van der Waals surface area contributed by atoms with E-state index in [9.17, 15) is 24.3 Å². The third-order valence-electron chi connectivity index (χ3n) is 6.44. The zero-order chi connectivity index (χ0) is 26.4. The van der Waals surface area contributed by atoms with Crippen LogP contribution in [-0.4, -0.2) is 45.8 Å². The monoisotopic (exact) mass is 499 g/mol. The average molecular weight is 500 g/mol. The van der Waals surface area contributed by atoms with E-state index in [2.05, 4.69) is 10.6 Å². The van der Waals surface area contributed by atoms with Gasteiger partial charge in [-0.2, -0.15) is 0 Å². The molecule has 3 aromatic rings. The van der Waals surface area contributed by atoms with Crippen LogP contribution in [0.25, 0.3) is 0 Å². The molecule has 0 bridgehead atoms. The first kappa shape index (κ1) is 25.6. The topological polar surface area (TPSA) is 116 Å². The van der Waals surface area contributed by atoms with E-state index < -0.39 is 24.0 Å². The second-order valence-corrected chi connectivity index (χ2v) is 9.14. The molecule has 0 aliphatic carbocycles. The van der Waals surface area contributed by atoms with Gasteiger partial charge in [-0.05, 0) is 48.7 Å². The van der Waals surface area contributed by atoms with Crippen LogP contribution < -0.4 is 10.6 Å². The minimum atomic E-state index is -1.28. The van der Waals surface area contributed by atoms with E-state index in [-0.39, 0.29) is 37.6 Å². The fourth-order valence-electron chi connectivity index (χ4n) is 4.38. The number of carboxylic acid groups (broad SMARTS) is 1.